The van der Waals surface area contributed by atoms with E-state index in [1.54, 1.807) is 6.92 Å². The van der Waals surface area contributed by atoms with Crippen LogP contribution < -0.4 is 0 Å². The molecule has 1 heterocycles. The Morgan fingerprint density at radius 3 is 2.53 bits per heavy atom. The Hall–Kier alpha value is -1.19. The Balaban J connectivity index is 2.92. The summed E-state index contributed by atoms with van der Waals surface area (Å²) in [5, 5.41) is 0. The van der Waals surface area contributed by atoms with Crippen LogP contribution in [-0.4, -0.2) is 23.2 Å². The Kier molecular flexibility index (Phi) is 4.43. The molecule has 0 aromatic heterocycles. The van der Waals surface area contributed by atoms with Crippen LogP contribution in [0.1, 0.15) is 53.4 Å². The number of Topliss-reactive ketones (excluding diaryl/α,β-unsaturated/α-hetero) is 1. The molecule has 4 heteroatoms. The van der Waals surface area contributed by atoms with Crippen molar-refractivity contribution in [2.75, 3.05) is 0 Å². The molecule has 0 bridgehead atoms. The number of ether oxygens (including phenoxy) is 1. The van der Waals surface area contributed by atoms with Gasteiger partial charge in [-0.25, -0.2) is 9.79 Å². The van der Waals surface area contributed by atoms with Crippen LogP contribution in [0.15, 0.2) is 4.99 Å². The quantitative estimate of drug-likeness (QED) is 0.669. The standard InChI is InChI=1S/C13H21NO3/c1-5-7-13(9(3)8-11(15)6-2)12(16)17-10(4)14-13/h9H,5-8H2,1-4H3/t9-,13+/m0/s1. The molecule has 0 spiro atoms. The first-order valence-electron chi connectivity index (χ1n) is 6.26. The predicted molar refractivity (Wildman–Crippen MR) is 65.9 cm³/mol. The summed E-state index contributed by atoms with van der Waals surface area (Å²) < 4.78 is 5.07. The molecule has 0 aromatic rings. The minimum Gasteiger partial charge on any atom is -0.410 e. The molecule has 1 aliphatic rings. The summed E-state index contributed by atoms with van der Waals surface area (Å²) in [5.74, 6) is 0.188. The number of esters is 1. The van der Waals surface area contributed by atoms with Gasteiger partial charge in [-0.3, -0.25) is 4.79 Å². The zero-order valence-electron chi connectivity index (χ0n) is 11.1. The van der Waals surface area contributed by atoms with Crippen molar-refractivity contribution in [1.82, 2.24) is 0 Å². The third-order valence-corrected chi connectivity index (χ3v) is 3.33. The van der Waals surface area contributed by atoms with Gasteiger partial charge in [-0.05, 0) is 12.3 Å². The molecular formula is C13H21NO3. The fourth-order valence-corrected chi connectivity index (χ4v) is 2.32. The number of aliphatic imine (C=N–C) groups is 1. The van der Waals surface area contributed by atoms with E-state index >= 15 is 0 Å². The fraction of sp³-hybridized carbons (Fsp3) is 0.769. The summed E-state index contributed by atoms with van der Waals surface area (Å²) >= 11 is 0. The minimum atomic E-state index is -0.830. The molecule has 0 radical (unpaired) electrons. The molecule has 0 amide bonds. The van der Waals surface area contributed by atoms with E-state index in [9.17, 15) is 9.59 Å². The second-order valence-corrected chi connectivity index (χ2v) is 4.69. The average molecular weight is 239 g/mol. The Morgan fingerprint density at radius 2 is 2.12 bits per heavy atom. The number of ketones is 1. The van der Waals surface area contributed by atoms with Gasteiger partial charge in [0.15, 0.2) is 11.4 Å². The molecule has 96 valence electrons. The van der Waals surface area contributed by atoms with Gasteiger partial charge in [0.2, 0.25) is 0 Å². The number of nitrogens with zero attached hydrogens (tertiary/aromatic N) is 1. The van der Waals surface area contributed by atoms with Crippen molar-refractivity contribution in [2.24, 2.45) is 10.9 Å². The highest BCUT2D eigenvalue weighted by Gasteiger charge is 2.48. The number of carbonyl (C=O) groups is 2. The molecule has 0 aromatic carbocycles. The van der Waals surface area contributed by atoms with Gasteiger partial charge in [0.05, 0.1) is 0 Å². The molecule has 0 saturated heterocycles. The lowest BCUT2D eigenvalue weighted by Crippen LogP contribution is -2.41. The van der Waals surface area contributed by atoms with Crippen LogP contribution in [0.4, 0.5) is 0 Å². The van der Waals surface area contributed by atoms with Gasteiger partial charge in [-0.15, -0.1) is 0 Å². The van der Waals surface area contributed by atoms with E-state index in [0.717, 1.165) is 6.42 Å². The first kappa shape index (κ1) is 13.9. The Labute approximate surface area is 102 Å². The maximum absolute atomic E-state index is 12.0. The second-order valence-electron chi connectivity index (χ2n) is 4.69. The van der Waals surface area contributed by atoms with Crippen LogP contribution in [0.2, 0.25) is 0 Å². The first-order chi connectivity index (χ1) is 7.96. The van der Waals surface area contributed by atoms with Crippen molar-refractivity contribution in [2.45, 2.75) is 58.9 Å². The third kappa shape index (κ3) is 2.73. The Bertz CT molecular complexity index is 349. The van der Waals surface area contributed by atoms with Crippen molar-refractivity contribution in [1.29, 1.82) is 0 Å². The van der Waals surface area contributed by atoms with E-state index in [0.29, 0.717) is 25.2 Å². The zero-order chi connectivity index (χ0) is 13.1. The molecule has 1 aliphatic heterocycles. The largest absolute Gasteiger partial charge is 0.410 e. The van der Waals surface area contributed by atoms with Crippen LogP contribution in [0.3, 0.4) is 0 Å². The average Bonchev–Trinajstić information content (AvgIpc) is 2.55. The number of rotatable bonds is 6. The lowest BCUT2D eigenvalue weighted by Gasteiger charge is -2.28. The summed E-state index contributed by atoms with van der Waals surface area (Å²) in [4.78, 5) is 27.8. The summed E-state index contributed by atoms with van der Waals surface area (Å²) in [5.41, 5.74) is -0.830. The monoisotopic (exact) mass is 239 g/mol. The summed E-state index contributed by atoms with van der Waals surface area (Å²) in [6, 6.07) is 0. The maximum atomic E-state index is 12.0. The van der Waals surface area contributed by atoms with Crippen molar-refractivity contribution in [3.05, 3.63) is 0 Å². The number of hydrogen-bond acceptors (Lipinski definition) is 4. The van der Waals surface area contributed by atoms with E-state index in [4.69, 9.17) is 4.74 Å². The third-order valence-electron chi connectivity index (χ3n) is 3.33. The molecule has 2 atom stereocenters. The second kappa shape index (κ2) is 5.43. The summed E-state index contributed by atoms with van der Waals surface area (Å²) in [6.45, 7) is 7.44. The highest BCUT2D eigenvalue weighted by Crippen LogP contribution is 2.35. The smallest absolute Gasteiger partial charge is 0.340 e. The van der Waals surface area contributed by atoms with Gasteiger partial charge in [-0.2, -0.15) is 0 Å². The summed E-state index contributed by atoms with van der Waals surface area (Å²) in [7, 11) is 0. The molecular weight excluding hydrogens is 218 g/mol. The van der Waals surface area contributed by atoms with Gasteiger partial charge in [-0.1, -0.05) is 27.2 Å². The highest BCUT2D eigenvalue weighted by molar-refractivity contribution is 5.99. The molecule has 0 fully saturated rings. The number of carbonyl (C=O) groups excluding carboxylic acids is 2. The van der Waals surface area contributed by atoms with E-state index in [-0.39, 0.29) is 17.7 Å². The van der Waals surface area contributed by atoms with Gasteiger partial charge in [0, 0.05) is 19.8 Å². The lowest BCUT2D eigenvalue weighted by molar-refractivity contribution is -0.141. The summed E-state index contributed by atoms with van der Waals surface area (Å²) in [6.07, 6.45) is 2.38. The van der Waals surface area contributed by atoms with Gasteiger partial charge in [0.25, 0.3) is 0 Å². The van der Waals surface area contributed by atoms with Crippen LogP contribution in [0.5, 0.6) is 0 Å². The topological polar surface area (TPSA) is 55.7 Å². The molecule has 0 saturated carbocycles. The van der Waals surface area contributed by atoms with Crippen molar-refractivity contribution < 1.29 is 14.3 Å². The van der Waals surface area contributed by atoms with E-state index < -0.39 is 5.54 Å². The van der Waals surface area contributed by atoms with Crippen molar-refractivity contribution in [3.8, 4) is 0 Å². The number of hydrogen-bond donors (Lipinski definition) is 0. The van der Waals surface area contributed by atoms with Crippen LogP contribution in [-0.2, 0) is 14.3 Å². The van der Waals surface area contributed by atoms with Gasteiger partial charge in [0.1, 0.15) is 5.78 Å². The van der Waals surface area contributed by atoms with Gasteiger partial charge >= 0.3 is 5.97 Å². The zero-order valence-corrected chi connectivity index (χ0v) is 11.1. The minimum absolute atomic E-state index is 0.0974. The molecule has 4 nitrogen and oxygen atoms in total. The molecule has 17 heavy (non-hydrogen) atoms. The van der Waals surface area contributed by atoms with Crippen molar-refractivity contribution >= 4 is 17.7 Å². The van der Waals surface area contributed by atoms with Crippen molar-refractivity contribution in [3.63, 3.8) is 0 Å². The number of cyclic esters (lactones) is 1. The predicted octanol–water partition coefficient (Wildman–Crippen LogP) is 2.51. The molecule has 1 rings (SSSR count). The van der Waals surface area contributed by atoms with E-state index in [1.807, 2.05) is 20.8 Å². The van der Waals surface area contributed by atoms with Crippen LogP contribution >= 0.6 is 0 Å². The Morgan fingerprint density at radius 1 is 1.47 bits per heavy atom. The fourth-order valence-electron chi connectivity index (χ4n) is 2.32. The van der Waals surface area contributed by atoms with E-state index in [1.165, 1.54) is 0 Å². The first-order valence-corrected chi connectivity index (χ1v) is 6.26. The maximum Gasteiger partial charge on any atom is 0.340 e. The van der Waals surface area contributed by atoms with Gasteiger partial charge < -0.3 is 4.74 Å². The SMILES string of the molecule is CCC[C@]1([C@@H](C)CC(=O)CC)N=C(C)OC1=O. The van der Waals surface area contributed by atoms with E-state index in [2.05, 4.69) is 4.99 Å². The van der Waals surface area contributed by atoms with Crippen LogP contribution in [0, 0.1) is 5.92 Å². The van der Waals surface area contributed by atoms with Crippen LogP contribution in [0.25, 0.3) is 0 Å². The molecule has 0 unspecified atom stereocenters. The molecule has 0 aliphatic carbocycles. The lowest BCUT2D eigenvalue weighted by atomic mass is 9.79. The normalized spacial score (nSPS) is 25.4. The molecule has 0 N–H and O–H groups in total. The highest BCUT2D eigenvalue weighted by atomic mass is 16.6.